The first-order valence-corrected chi connectivity index (χ1v) is 8.98. The highest BCUT2D eigenvalue weighted by molar-refractivity contribution is 5.36. The third kappa shape index (κ3) is 9.72. The molecule has 0 aliphatic heterocycles. The van der Waals surface area contributed by atoms with Gasteiger partial charge in [-0.15, -0.1) is 0 Å². The monoisotopic (exact) mass is 435 g/mol. The van der Waals surface area contributed by atoms with E-state index in [0.717, 1.165) is 12.1 Å². The molecule has 0 aliphatic rings. The van der Waals surface area contributed by atoms with Crippen LogP contribution in [0.5, 0.6) is 5.75 Å². The fourth-order valence-electron chi connectivity index (χ4n) is 2.02. The molecule has 30 heavy (non-hydrogen) atoms. The summed E-state index contributed by atoms with van der Waals surface area (Å²) in [5.41, 5.74) is -3.09. The maximum atomic E-state index is 10.7. The number of hydrogen-bond acceptors (Lipinski definition) is 5. The fraction of sp³-hybridized carbons (Fsp3) is 0.520. The molecule has 2 unspecified atom stereocenters. The summed E-state index contributed by atoms with van der Waals surface area (Å²) in [5, 5.41) is 32.6. The van der Waals surface area contributed by atoms with E-state index >= 15 is 0 Å². The second-order valence-electron chi connectivity index (χ2n) is 5.69. The normalized spacial score (nSPS) is 26.9. The minimum Gasteiger partial charge on any atom is -0.508 e. The summed E-state index contributed by atoms with van der Waals surface area (Å²) in [6.45, 7) is -12.3. The molecule has 2 aromatic rings. The van der Waals surface area contributed by atoms with Crippen molar-refractivity contribution >= 4 is 0 Å². The Kier molecular flexibility index (Phi) is 4.26. The van der Waals surface area contributed by atoms with Crippen LogP contribution in [0.4, 0.5) is 0 Å². The second kappa shape index (κ2) is 15.0. The number of phenols is 1. The van der Waals surface area contributed by atoms with Crippen molar-refractivity contribution in [3.8, 4) is 5.75 Å². The number of unbranched alkanes of at least 4 members (excludes halogenated alkanes) is 1. The van der Waals surface area contributed by atoms with E-state index < -0.39 is 111 Å². The van der Waals surface area contributed by atoms with Crippen LogP contribution in [0.15, 0.2) is 48.4 Å². The Morgan fingerprint density at radius 2 is 1.90 bits per heavy atom. The molecule has 0 radical (unpaired) electrons. The minimum atomic E-state index is -3.83. The van der Waals surface area contributed by atoms with E-state index in [4.69, 9.17) is 32.2 Å². The van der Waals surface area contributed by atoms with Crippen LogP contribution in [0, 0.1) is 0 Å². The maximum Gasteiger partial charge on any atom is 0.121 e. The van der Waals surface area contributed by atoms with Gasteiger partial charge in [0.25, 0.3) is 0 Å². The molecule has 0 bridgehead atoms. The molecular formula is C25H37NO4. The molecule has 0 heterocycles. The predicted molar refractivity (Wildman–Crippen MR) is 121 cm³/mol. The van der Waals surface area contributed by atoms with Crippen molar-refractivity contribution in [1.82, 2.24) is 5.32 Å². The van der Waals surface area contributed by atoms with E-state index in [0.29, 0.717) is 0 Å². The standard InChI is InChI=1S/C25H37NO4/c27-20-23-18-22(13-14-24(23)28)25(29)19-26-15-7-1-2-8-16-30-17-9-6-12-21-10-4-3-5-11-21/h3-5,10-11,13-14,18,25-29H,1-2,6-9,12,15-17,19-20H2/i3D,6D2,9D2,10D,11D,12D2,13D,14D,15D2,16D,17D2,18D,20D2,25D. The zero-order chi connectivity index (χ0) is 39.2. The third-order valence-corrected chi connectivity index (χ3v) is 3.49. The topological polar surface area (TPSA) is 82.0 Å². The van der Waals surface area contributed by atoms with Crippen molar-refractivity contribution in [2.45, 2.75) is 57.4 Å². The molecular weight excluding hydrogens is 378 g/mol. The number of nitrogens with one attached hydrogen (secondary N) is 1. The van der Waals surface area contributed by atoms with Crippen LogP contribution in [0.3, 0.4) is 0 Å². The zero-order valence-corrected chi connectivity index (χ0v) is 16.0. The Morgan fingerprint density at radius 1 is 1.10 bits per heavy atom. The first kappa shape index (κ1) is 8.55. The van der Waals surface area contributed by atoms with Crippen LogP contribution < -0.4 is 5.32 Å². The molecule has 0 aromatic heterocycles. The van der Waals surface area contributed by atoms with Gasteiger partial charge in [-0.2, -0.15) is 0 Å². The van der Waals surface area contributed by atoms with Crippen molar-refractivity contribution in [2.24, 2.45) is 0 Å². The lowest BCUT2D eigenvalue weighted by Crippen LogP contribution is -2.22. The van der Waals surface area contributed by atoms with E-state index in [1.165, 1.54) is 0 Å². The van der Waals surface area contributed by atoms with E-state index in [1.54, 1.807) is 0 Å². The average Bonchev–Trinajstić information content (AvgIpc) is 2.91. The van der Waals surface area contributed by atoms with Gasteiger partial charge in [-0.1, -0.05) is 49.1 Å². The van der Waals surface area contributed by atoms with Crippen molar-refractivity contribution in [2.75, 3.05) is 26.2 Å². The smallest absolute Gasteiger partial charge is 0.121 e. The molecule has 0 saturated heterocycles. The number of rotatable bonds is 16. The molecule has 0 aliphatic carbocycles. The summed E-state index contributed by atoms with van der Waals surface area (Å²) in [6, 6.07) is -3.58. The van der Waals surface area contributed by atoms with Gasteiger partial charge >= 0.3 is 0 Å². The van der Waals surface area contributed by atoms with Gasteiger partial charge in [0.1, 0.15) is 5.75 Å². The summed E-state index contributed by atoms with van der Waals surface area (Å²) < 4.78 is 165. The first-order valence-electron chi connectivity index (χ1n) is 19.1. The van der Waals surface area contributed by atoms with Crippen LogP contribution >= 0.6 is 0 Å². The largest absolute Gasteiger partial charge is 0.508 e. The Labute approximate surface area is 208 Å². The number of aromatic hydroxyl groups is 1. The van der Waals surface area contributed by atoms with E-state index in [-0.39, 0.29) is 31.7 Å². The van der Waals surface area contributed by atoms with Crippen LogP contribution in [-0.2, 0) is 17.7 Å². The molecule has 0 spiro atoms. The van der Waals surface area contributed by atoms with Gasteiger partial charge in [0, 0.05) is 36.2 Å². The fourth-order valence-corrected chi connectivity index (χ4v) is 2.02. The van der Waals surface area contributed by atoms with Gasteiger partial charge < -0.3 is 25.4 Å². The quantitative estimate of drug-likeness (QED) is 0.298. The highest BCUT2D eigenvalue weighted by Crippen LogP contribution is 2.22. The molecule has 2 rings (SSSR count). The van der Waals surface area contributed by atoms with Gasteiger partial charge in [-0.25, -0.2) is 0 Å². The first-order chi connectivity index (χ1) is 22.3. The van der Waals surface area contributed by atoms with Crippen molar-refractivity contribution in [3.63, 3.8) is 0 Å². The van der Waals surface area contributed by atoms with Crippen LogP contribution in [0.2, 0.25) is 0 Å². The maximum absolute atomic E-state index is 10.7. The van der Waals surface area contributed by atoms with Crippen LogP contribution in [0.1, 0.15) is 88.6 Å². The van der Waals surface area contributed by atoms with E-state index in [2.05, 4.69) is 5.32 Å². The van der Waals surface area contributed by atoms with E-state index in [1.807, 2.05) is 0 Å². The summed E-state index contributed by atoms with van der Waals surface area (Å²) >= 11 is 0. The summed E-state index contributed by atoms with van der Waals surface area (Å²) in [6.07, 6.45) is -15.0. The summed E-state index contributed by atoms with van der Waals surface area (Å²) in [4.78, 5) is 0. The SMILES string of the molecule is [2H]c1cc([2H])c(C([2H])([2H])C([2H])([2H])C([2H])([2H])C([2H])([2H])OC([2H])CCCCC([2H])([2H])NCC([2H])(O)c2c([2H])c([2H])c(O)c(C([2H])([2H])O)c2[2H])c([2H])c1. The lowest BCUT2D eigenvalue weighted by Gasteiger charge is -2.14. The van der Waals surface area contributed by atoms with Crippen molar-refractivity contribution in [1.29, 1.82) is 0 Å². The number of benzene rings is 2. The third-order valence-electron chi connectivity index (χ3n) is 3.49. The number of aliphatic hydroxyl groups is 2. The lowest BCUT2D eigenvalue weighted by atomic mass is 10.1. The summed E-state index contributed by atoms with van der Waals surface area (Å²) in [7, 11) is 0. The van der Waals surface area contributed by atoms with Gasteiger partial charge in [-0.05, 0) is 61.7 Å². The molecule has 0 saturated carbocycles. The van der Waals surface area contributed by atoms with Crippen LogP contribution in [-0.4, -0.2) is 41.5 Å². The molecule has 5 heteroatoms. The summed E-state index contributed by atoms with van der Waals surface area (Å²) in [5.74, 6) is -1.25. The van der Waals surface area contributed by atoms with E-state index in [9.17, 15) is 15.3 Å². The van der Waals surface area contributed by atoms with Crippen molar-refractivity contribution < 1.29 is 47.5 Å². The van der Waals surface area contributed by atoms with Gasteiger partial charge in [0.05, 0.1) is 29.1 Å². The predicted octanol–water partition coefficient (Wildman–Crippen LogP) is 4.11. The molecule has 166 valence electrons. The average molecular weight is 436 g/mol. The highest BCUT2D eigenvalue weighted by Gasteiger charge is 2.09. The molecule has 2 atom stereocenters. The van der Waals surface area contributed by atoms with Crippen LogP contribution in [0.25, 0.3) is 0 Å². The zero-order valence-electron chi connectivity index (χ0n) is 36.0. The Balaban J connectivity index is 2.09. The second-order valence-corrected chi connectivity index (χ2v) is 5.69. The van der Waals surface area contributed by atoms with Gasteiger partial charge in [-0.3, -0.25) is 0 Å². The number of hydrogen-bond donors (Lipinski definition) is 4. The van der Waals surface area contributed by atoms with Gasteiger partial charge in [0.15, 0.2) is 0 Å². The highest BCUT2D eigenvalue weighted by atomic mass is 16.5. The van der Waals surface area contributed by atoms with Gasteiger partial charge in [0.2, 0.25) is 0 Å². The molecule has 2 aromatic carbocycles. The molecule has 4 N–H and O–H groups in total. The Bertz CT molecular complexity index is 1520. The minimum absolute atomic E-state index is 0.0694. The molecule has 0 fully saturated rings. The van der Waals surface area contributed by atoms with Crippen molar-refractivity contribution in [3.05, 3.63) is 65.1 Å². The number of ether oxygens (including phenoxy) is 1. The Morgan fingerprint density at radius 3 is 2.70 bits per heavy atom. The lowest BCUT2D eigenvalue weighted by molar-refractivity contribution is 0.126. The molecule has 0 amide bonds. The molecule has 5 nitrogen and oxygen atoms in total. The Hall–Kier alpha value is -1.92.